The molecule has 3 nitrogen and oxygen atoms in total. The average Bonchev–Trinajstić information content (AvgIpc) is 2.65. The summed E-state index contributed by atoms with van der Waals surface area (Å²) < 4.78 is 10.9. The van der Waals surface area contributed by atoms with Crippen molar-refractivity contribution >= 4 is 5.97 Å². The molecule has 2 unspecified atom stereocenters. The molecule has 0 aromatic rings. The highest BCUT2D eigenvalue weighted by Gasteiger charge is 2.76. The monoisotopic (exact) mass is 198 g/mol. The Balaban J connectivity index is 2.08. The fourth-order valence-corrected chi connectivity index (χ4v) is 2.64. The van der Waals surface area contributed by atoms with Crippen LogP contribution >= 0.6 is 0 Å². The summed E-state index contributed by atoms with van der Waals surface area (Å²) in [6, 6.07) is 0. The zero-order valence-electron chi connectivity index (χ0n) is 9.13. The molecule has 1 aliphatic carbocycles. The van der Waals surface area contributed by atoms with E-state index in [1.165, 1.54) is 0 Å². The Hall–Kier alpha value is -0.570. The Labute approximate surface area is 84.8 Å². The summed E-state index contributed by atoms with van der Waals surface area (Å²) in [5.41, 5.74) is -0.731. The van der Waals surface area contributed by atoms with E-state index in [-0.39, 0.29) is 17.7 Å². The van der Waals surface area contributed by atoms with Crippen molar-refractivity contribution in [2.75, 3.05) is 0 Å². The molecule has 0 aromatic heterocycles. The van der Waals surface area contributed by atoms with Gasteiger partial charge in [0.25, 0.3) is 0 Å². The van der Waals surface area contributed by atoms with Gasteiger partial charge in [0.15, 0.2) is 5.60 Å². The van der Waals surface area contributed by atoms with Crippen molar-refractivity contribution in [1.29, 1.82) is 0 Å². The zero-order chi connectivity index (χ0) is 10.4. The largest absolute Gasteiger partial charge is 0.461 e. The molecule has 1 saturated heterocycles. The Morgan fingerprint density at radius 2 is 2.21 bits per heavy atom. The third kappa shape index (κ3) is 1.11. The van der Waals surface area contributed by atoms with E-state index >= 15 is 0 Å². The molecular formula is C11H18O3. The predicted molar refractivity (Wildman–Crippen MR) is 51.9 cm³/mol. The molecule has 1 saturated carbocycles. The lowest BCUT2D eigenvalue weighted by Gasteiger charge is -2.13. The van der Waals surface area contributed by atoms with Gasteiger partial charge in [-0.2, -0.15) is 0 Å². The smallest absolute Gasteiger partial charge is 0.341 e. The third-order valence-corrected chi connectivity index (χ3v) is 3.42. The standard InChI is InChI=1S/C11H18O3/c1-4-10-6-5-7-11(10,14-10)9(12)13-8(2)3/h8H,4-7H2,1-3H3. The number of carbonyl (C=O) groups excluding carboxylic acids is 1. The normalized spacial score (nSPS) is 39.7. The fraction of sp³-hybridized carbons (Fsp3) is 0.909. The molecule has 2 rings (SSSR count). The molecule has 2 fully saturated rings. The summed E-state index contributed by atoms with van der Waals surface area (Å²) >= 11 is 0. The molecule has 1 heterocycles. The van der Waals surface area contributed by atoms with Crippen LogP contribution < -0.4 is 0 Å². The number of hydrogen-bond donors (Lipinski definition) is 0. The minimum absolute atomic E-state index is 0.0452. The molecule has 2 aliphatic rings. The maximum absolute atomic E-state index is 11.8. The molecule has 3 heteroatoms. The van der Waals surface area contributed by atoms with Crippen LogP contribution in [0.1, 0.15) is 46.5 Å². The van der Waals surface area contributed by atoms with Gasteiger partial charge in [-0.25, -0.2) is 4.79 Å². The number of ether oxygens (including phenoxy) is 2. The minimum Gasteiger partial charge on any atom is -0.461 e. The van der Waals surface area contributed by atoms with Crippen LogP contribution in [0.25, 0.3) is 0 Å². The van der Waals surface area contributed by atoms with Gasteiger partial charge in [0, 0.05) is 0 Å². The maximum Gasteiger partial charge on any atom is 0.341 e. The lowest BCUT2D eigenvalue weighted by molar-refractivity contribution is -0.154. The molecule has 80 valence electrons. The molecular weight excluding hydrogens is 180 g/mol. The van der Waals surface area contributed by atoms with Gasteiger partial charge in [0.05, 0.1) is 6.10 Å². The molecule has 0 spiro atoms. The molecule has 1 aliphatic heterocycles. The van der Waals surface area contributed by atoms with Crippen molar-refractivity contribution in [2.45, 2.75) is 63.8 Å². The van der Waals surface area contributed by atoms with E-state index in [4.69, 9.17) is 9.47 Å². The van der Waals surface area contributed by atoms with E-state index in [1.54, 1.807) is 0 Å². The van der Waals surface area contributed by atoms with Crippen molar-refractivity contribution < 1.29 is 14.3 Å². The van der Waals surface area contributed by atoms with Crippen LogP contribution in [0.5, 0.6) is 0 Å². The SMILES string of the molecule is CCC12CCCC1(C(=O)OC(C)C)O2. The summed E-state index contributed by atoms with van der Waals surface area (Å²) in [6.45, 7) is 5.83. The highest BCUT2D eigenvalue weighted by Crippen LogP contribution is 2.62. The summed E-state index contributed by atoms with van der Waals surface area (Å²) in [6.07, 6.45) is 3.81. The topological polar surface area (TPSA) is 38.8 Å². The zero-order valence-corrected chi connectivity index (χ0v) is 9.13. The second-order valence-electron chi connectivity index (χ2n) is 4.58. The second-order valence-corrected chi connectivity index (χ2v) is 4.58. The van der Waals surface area contributed by atoms with E-state index in [1.807, 2.05) is 13.8 Å². The predicted octanol–water partition coefficient (Wildman–Crippen LogP) is 2.04. The van der Waals surface area contributed by atoms with Gasteiger partial charge in [0.2, 0.25) is 0 Å². The van der Waals surface area contributed by atoms with Gasteiger partial charge >= 0.3 is 5.97 Å². The van der Waals surface area contributed by atoms with Gasteiger partial charge in [-0.1, -0.05) is 6.92 Å². The summed E-state index contributed by atoms with van der Waals surface area (Å²) in [5, 5.41) is 0. The van der Waals surface area contributed by atoms with Crippen molar-refractivity contribution in [3.63, 3.8) is 0 Å². The van der Waals surface area contributed by atoms with Crippen LogP contribution in [0, 0.1) is 0 Å². The number of fused-ring (bicyclic) bond motifs is 1. The van der Waals surface area contributed by atoms with E-state index < -0.39 is 5.60 Å². The van der Waals surface area contributed by atoms with Gasteiger partial charge in [-0.05, 0) is 39.5 Å². The first-order chi connectivity index (χ1) is 6.56. The quantitative estimate of drug-likeness (QED) is 0.514. The highest BCUT2D eigenvalue weighted by atomic mass is 16.7. The van der Waals surface area contributed by atoms with Gasteiger partial charge in [-0.15, -0.1) is 0 Å². The Morgan fingerprint density at radius 3 is 2.71 bits per heavy atom. The van der Waals surface area contributed by atoms with Crippen molar-refractivity contribution in [2.24, 2.45) is 0 Å². The third-order valence-electron chi connectivity index (χ3n) is 3.42. The first-order valence-corrected chi connectivity index (χ1v) is 5.47. The van der Waals surface area contributed by atoms with Crippen molar-refractivity contribution in [1.82, 2.24) is 0 Å². The van der Waals surface area contributed by atoms with E-state index in [0.29, 0.717) is 0 Å². The molecule has 0 amide bonds. The lowest BCUT2D eigenvalue weighted by atomic mass is 9.94. The summed E-state index contributed by atoms with van der Waals surface area (Å²) in [7, 11) is 0. The molecule has 0 bridgehead atoms. The average molecular weight is 198 g/mol. The molecule has 0 aromatic carbocycles. The first-order valence-electron chi connectivity index (χ1n) is 5.47. The van der Waals surface area contributed by atoms with E-state index in [0.717, 1.165) is 25.7 Å². The van der Waals surface area contributed by atoms with Crippen LogP contribution in [0.4, 0.5) is 0 Å². The lowest BCUT2D eigenvalue weighted by Crippen LogP contribution is -2.32. The second kappa shape index (κ2) is 2.96. The Morgan fingerprint density at radius 1 is 1.50 bits per heavy atom. The number of esters is 1. The maximum atomic E-state index is 11.8. The van der Waals surface area contributed by atoms with Gasteiger partial charge < -0.3 is 9.47 Å². The molecule has 0 radical (unpaired) electrons. The van der Waals surface area contributed by atoms with Crippen molar-refractivity contribution in [3.8, 4) is 0 Å². The van der Waals surface area contributed by atoms with Crippen LogP contribution in [0.15, 0.2) is 0 Å². The van der Waals surface area contributed by atoms with Crippen LogP contribution in [-0.2, 0) is 14.3 Å². The van der Waals surface area contributed by atoms with E-state index in [2.05, 4.69) is 6.92 Å². The highest BCUT2D eigenvalue weighted by molar-refractivity contribution is 5.85. The van der Waals surface area contributed by atoms with Gasteiger partial charge in [-0.3, -0.25) is 0 Å². The Bertz CT molecular complexity index is 261. The minimum atomic E-state index is -0.563. The summed E-state index contributed by atoms with van der Waals surface area (Å²) in [4.78, 5) is 11.8. The number of epoxide rings is 1. The summed E-state index contributed by atoms with van der Waals surface area (Å²) in [5.74, 6) is -0.146. The van der Waals surface area contributed by atoms with Crippen LogP contribution in [0.3, 0.4) is 0 Å². The number of rotatable bonds is 3. The number of hydrogen-bond acceptors (Lipinski definition) is 3. The van der Waals surface area contributed by atoms with E-state index in [9.17, 15) is 4.79 Å². The first kappa shape index (κ1) is 9.97. The van der Waals surface area contributed by atoms with Crippen LogP contribution in [-0.4, -0.2) is 23.3 Å². The molecule has 14 heavy (non-hydrogen) atoms. The number of carbonyl (C=O) groups is 1. The fourth-order valence-electron chi connectivity index (χ4n) is 2.64. The Kier molecular flexibility index (Phi) is 2.11. The van der Waals surface area contributed by atoms with Gasteiger partial charge in [0.1, 0.15) is 5.60 Å². The van der Waals surface area contributed by atoms with Crippen LogP contribution in [0.2, 0.25) is 0 Å². The molecule has 2 atom stereocenters. The molecule has 0 N–H and O–H groups in total. The van der Waals surface area contributed by atoms with Crippen molar-refractivity contribution in [3.05, 3.63) is 0 Å².